The van der Waals surface area contributed by atoms with Crippen LogP contribution >= 0.6 is 0 Å². The number of nitrogens with zero attached hydrogens (tertiary/aromatic N) is 4. The second kappa shape index (κ2) is 9.26. The second-order valence-electron chi connectivity index (χ2n) is 8.43. The van der Waals surface area contributed by atoms with Crippen molar-refractivity contribution in [3.8, 4) is 11.1 Å². The topological polar surface area (TPSA) is 96.3 Å². The van der Waals surface area contributed by atoms with Crippen LogP contribution in [-0.4, -0.2) is 36.8 Å². The highest BCUT2D eigenvalue weighted by Gasteiger charge is 2.34. The first kappa shape index (κ1) is 21.6. The molecule has 0 aliphatic heterocycles. The molecule has 7 heteroatoms. The molecule has 2 heterocycles. The van der Waals surface area contributed by atoms with E-state index in [0.717, 1.165) is 46.5 Å². The molecule has 32 heavy (non-hydrogen) atoms. The van der Waals surface area contributed by atoms with Gasteiger partial charge in [0.15, 0.2) is 0 Å². The fourth-order valence-corrected chi connectivity index (χ4v) is 3.74. The maximum atomic E-state index is 13.1. The summed E-state index contributed by atoms with van der Waals surface area (Å²) in [6.07, 6.45) is 8.52. The minimum Gasteiger partial charge on any atom is -0.481 e. The lowest BCUT2D eigenvalue weighted by Gasteiger charge is -2.24. The van der Waals surface area contributed by atoms with E-state index in [-0.39, 0.29) is 18.2 Å². The normalized spacial score (nSPS) is 13.1. The molecule has 3 aromatic rings. The van der Waals surface area contributed by atoms with Crippen molar-refractivity contribution < 1.29 is 14.7 Å². The lowest BCUT2D eigenvalue weighted by atomic mass is 9.97. The number of pyridine rings is 1. The van der Waals surface area contributed by atoms with Crippen molar-refractivity contribution in [1.82, 2.24) is 19.9 Å². The number of benzene rings is 1. The number of hydrogen-bond donors (Lipinski definition) is 1. The third kappa shape index (κ3) is 5.35. The van der Waals surface area contributed by atoms with Crippen LogP contribution in [0.1, 0.15) is 40.9 Å². The van der Waals surface area contributed by atoms with E-state index in [1.54, 1.807) is 24.8 Å². The minimum absolute atomic E-state index is 0.0829. The number of carbonyl (C=O) groups is 2. The van der Waals surface area contributed by atoms with Gasteiger partial charge in [0.25, 0.3) is 0 Å². The molecule has 7 nitrogen and oxygen atoms in total. The molecule has 1 aromatic carbocycles. The van der Waals surface area contributed by atoms with Crippen LogP contribution in [0.5, 0.6) is 0 Å². The zero-order valence-electron chi connectivity index (χ0n) is 18.3. The fraction of sp³-hybridized carbons (Fsp3) is 0.320. The maximum absolute atomic E-state index is 13.1. The van der Waals surface area contributed by atoms with Crippen molar-refractivity contribution >= 4 is 11.9 Å². The summed E-state index contributed by atoms with van der Waals surface area (Å²) in [5, 5.41) is 9.13. The van der Waals surface area contributed by atoms with Crippen LogP contribution in [0.2, 0.25) is 0 Å². The van der Waals surface area contributed by atoms with E-state index in [1.165, 1.54) is 0 Å². The van der Waals surface area contributed by atoms with Gasteiger partial charge in [0.05, 0.1) is 30.6 Å². The average molecular weight is 431 g/mol. The molecule has 1 saturated carbocycles. The van der Waals surface area contributed by atoms with Gasteiger partial charge in [0.1, 0.15) is 0 Å². The molecule has 1 N–H and O–H groups in total. The summed E-state index contributed by atoms with van der Waals surface area (Å²) in [4.78, 5) is 39.1. The van der Waals surface area contributed by atoms with E-state index in [2.05, 4.69) is 21.0 Å². The van der Waals surface area contributed by atoms with Crippen LogP contribution in [0, 0.1) is 19.8 Å². The lowest BCUT2D eigenvalue weighted by molar-refractivity contribution is -0.136. The van der Waals surface area contributed by atoms with Gasteiger partial charge in [-0.1, -0.05) is 23.8 Å². The number of carbonyl (C=O) groups excluding carboxylic acids is 1. The Bertz CT molecular complexity index is 1140. The zero-order valence-corrected chi connectivity index (χ0v) is 18.3. The first-order valence-electron chi connectivity index (χ1n) is 10.7. The summed E-state index contributed by atoms with van der Waals surface area (Å²) in [6, 6.07) is 7.96. The molecule has 0 atom stereocenters. The first-order chi connectivity index (χ1) is 15.4. The summed E-state index contributed by atoms with van der Waals surface area (Å²) in [5.41, 5.74) is 6.10. The quantitative estimate of drug-likeness (QED) is 0.585. The third-order valence-electron chi connectivity index (χ3n) is 5.51. The van der Waals surface area contributed by atoms with Gasteiger partial charge < -0.3 is 10.0 Å². The fourth-order valence-electron chi connectivity index (χ4n) is 3.74. The van der Waals surface area contributed by atoms with Crippen LogP contribution in [0.25, 0.3) is 11.1 Å². The minimum atomic E-state index is -0.895. The summed E-state index contributed by atoms with van der Waals surface area (Å²) < 4.78 is 0. The molecule has 1 fully saturated rings. The summed E-state index contributed by atoms with van der Waals surface area (Å²) in [7, 11) is 0. The Labute approximate surface area is 187 Å². The van der Waals surface area contributed by atoms with Crippen molar-refractivity contribution in [2.24, 2.45) is 5.92 Å². The number of aromatic nitrogens is 3. The van der Waals surface area contributed by atoms with E-state index in [0.29, 0.717) is 18.7 Å². The number of aryl methyl sites for hydroxylation is 2. The van der Waals surface area contributed by atoms with E-state index in [4.69, 9.17) is 5.11 Å². The molecule has 1 amide bonds. The molecule has 0 radical (unpaired) electrons. The van der Waals surface area contributed by atoms with Crippen molar-refractivity contribution in [2.75, 3.05) is 0 Å². The largest absolute Gasteiger partial charge is 0.481 e. The molecule has 0 spiro atoms. The predicted molar refractivity (Wildman–Crippen MR) is 119 cm³/mol. The van der Waals surface area contributed by atoms with Gasteiger partial charge in [-0.15, -0.1) is 0 Å². The van der Waals surface area contributed by atoms with Crippen molar-refractivity contribution in [2.45, 2.75) is 46.2 Å². The molecule has 0 saturated heterocycles. The highest BCUT2D eigenvalue weighted by atomic mass is 16.4. The molecule has 164 valence electrons. The van der Waals surface area contributed by atoms with Crippen LogP contribution in [-0.2, 0) is 29.1 Å². The number of aliphatic carboxylic acids is 1. The Morgan fingerprint density at radius 3 is 2.53 bits per heavy atom. The Balaban J connectivity index is 1.66. The summed E-state index contributed by atoms with van der Waals surface area (Å²) >= 11 is 0. The van der Waals surface area contributed by atoms with Gasteiger partial charge in [-0.25, -0.2) is 0 Å². The molecule has 1 aliphatic carbocycles. The molecule has 0 bridgehead atoms. The van der Waals surface area contributed by atoms with E-state index in [1.807, 2.05) is 36.9 Å². The zero-order chi connectivity index (χ0) is 22.7. The van der Waals surface area contributed by atoms with Crippen LogP contribution < -0.4 is 0 Å². The summed E-state index contributed by atoms with van der Waals surface area (Å²) in [6.45, 7) is 4.73. The predicted octanol–water partition coefficient (Wildman–Crippen LogP) is 3.72. The van der Waals surface area contributed by atoms with Gasteiger partial charge in [-0.3, -0.25) is 24.5 Å². The van der Waals surface area contributed by atoms with Gasteiger partial charge in [0.2, 0.25) is 5.91 Å². The van der Waals surface area contributed by atoms with Gasteiger partial charge in [-0.05, 0) is 49.4 Å². The number of amides is 1. The third-order valence-corrected chi connectivity index (χ3v) is 5.51. The Kier molecular flexibility index (Phi) is 6.25. The van der Waals surface area contributed by atoms with Crippen molar-refractivity contribution in [1.29, 1.82) is 0 Å². The highest BCUT2D eigenvalue weighted by Crippen LogP contribution is 2.33. The molecular weight excluding hydrogens is 404 g/mol. The SMILES string of the molecule is Cc1ccc(-c2cncc(CC(=O)O)c2)c(CN(Cc2cnc(C)cn2)C(=O)C2CC2)c1. The Hall–Kier alpha value is -3.61. The van der Waals surface area contributed by atoms with E-state index in [9.17, 15) is 9.59 Å². The van der Waals surface area contributed by atoms with Gasteiger partial charge in [0, 0.05) is 36.6 Å². The van der Waals surface area contributed by atoms with Crippen molar-refractivity contribution in [3.63, 3.8) is 0 Å². The number of hydrogen-bond acceptors (Lipinski definition) is 5. The highest BCUT2D eigenvalue weighted by molar-refractivity contribution is 5.81. The Morgan fingerprint density at radius 1 is 1.03 bits per heavy atom. The van der Waals surface area contributed by atoms with Crippen LogP contribution in [0.15, 0.2) is 49.1 Å². The standard InChI is InChI=1S/C25H26N4O3/c1-16-3-6-23(20-8-18(9-24(30)31)11-26-12-20)21(7-16)14-29(25(32)19-4-5-19)15-22-13-27-17(2)10-28-22/h3,6-8,10-13,19H,4-5,9,14-15H2,1-2H3,(H,30,31). The van der Waals surface area contributed by atoms with E-state index >= 15 is 0 Å². The lowest BCUT2D eigenvalue weighted by Crippen LogP contribution is -2.32. The maximum Gasteiger partial charge on any atom is 0.307 e. The number of carboxylic acid groups (broad SMARTS) is 1. The Morgan fingerprint density at radius 2 is 1.84 bits per heavy atom. The molecular formula is C25H26N4O3. The van der Waals surface area contributed by atoms with E-state index < -0.39 is 5.97 Å². The van der Waals surface area contributed by atoms with Crippen LogP contribution in [0.3, 0.4) is 0 Å². The van der Waals surface area contributed by atoms with Crippen molar-refractivity contribution in [3.05, 3.63) is 77.1 Å². The summed E-state index contributed by atoms with van der Waals surface area (Å²) in [5.74, 6) is -0.673. The van der Waals surface area contributed by atoms with Gasteiger partial charge in [-0.2, -0.15) is 0 Å². The molecule has 2 aromatic heterocycles. The number of carboxylic acids is 1. The average Bonchev–Trinajstić information content (AvgIpc) is 3.59. The second-order valence-corrected chi connectivity index (χ2v) is 8.43. The number of rotatable bonds is 8. The first-order valence-corrected chi connectivity index (χ1v) is 10.7. The molecule has 1 aliphatic rings. The smallest absolute Gasteiger partial charge is 0.307 e. The molecule has 4 rings (SSSR count). The van der Waals surface area contributed by atoms with Crippen LogP contribution in [0.4, 0.5) is 0 Å². The molecule has 0 unspecified atom stereocenters. The monoisotopic (exact) mass is 430 g/mol. The van der Waals surface area contributed by atoms with Gasteiger partial charge >= 0.3 is 5.97 Å².